The van der Waals surface area contributed by atoms with Gasteiger partial charge in [-0.15, -0.1) is 0 Å². The summed E-state index contributed by atoms with van der Waals surface area (Å²) in [5, 5.41) is 10.2. The van der Waals surface area contributed by atoms with Crippen LogP contribution in [0.3, 0.4) is 0 Å². The lowest BCUT2D eigenvalue weighted by molar-refractivity contribution is 0.0600. The minimum atomic E-state index is 0.352. The summed E-state index contributed by atoms with van der Waals surface area (Å²) < 4.78 is 0. The highest BCUT2D eigenvalue weighted by molar-refractivity contribution is 6.31. The van der Waals surface area contributed by atoms with Gasteiger partial charge < -0.3 is 5.11 Å². The molecule has 1 aromatic carbocycles. The molecule has 0 amide bonds. The molecule has 0 spiro atoms. The number of halogens is 1. The number of nitrogens with zero attached hydrogens (tertiary/aromatic N) is 2. The maximum absolute atomic E-state index is 9.30. The van der Waals surface area contributed by atoms with Crippen molar-refractivity contribution in [1.82, 2.24) is 9.80 Å². The van der Waals surface area contributed by atoms with E-state index >= 15 is 0 Å². The first-order valence-electron chi connectivity index (χ1n) is 9.23. The van der Waals surface area contributed by atoms with E-state index in [1.165, 1.54) is 18.4 Å². The third-order valence-corrected chi connectivity index (χ3v) is 5.63. The summed E-state index contributed by atoms with van der Waals surface area (Å²) in [5.74, 6) is 0.518. The first-order chi connectivity index (χ1) is 11.7. The Bertz CT molecular complexity index is 526. The van der Waals surface area contributed by atoms with Crippen molar-refractivity contribution < 1.29 is 5.11 Å². The van der Waals surface area contributed by atoms with Crippen molar-refractivity contribution in [3.8, 4) is 0 Å². The van der Waals surface area contributed by atoms with Gasteiger partial charge in [0.05, 0.1) is 0 Å². The zero-order valence-corrected chi connectivity index (χ0v) is 15.2. The number of aliphatic hydroxyl groups excluding tert-OH is 1. The lowest BCUT2D eigenvalue weighted by Gasteiger charge is -2.42. The van der Waals surface area contributed by atoms with Crippen molar-refractivity contribution in [3.63, 3.8) is 0 Å². The molecule has 2 heterocycles. The van der Waals surface area contributed by atoms with Crippen LogP contribution in [-0.4, -0.2) is 60.3 Å². The van der Waals surface area contributed by atoms with E-state index in [0.29, 0.717) is 18.6 Å². The topological polar surface area (TPSA) is 26.7 Å². The summed E-state index contributed by atoms with van der Waals surface area (Å²) in [6, 6.07) is 10.9. The minimum absolute atomic E-state index is 0.352. The molecule has 0 saturated carbocycles. The molecular formula is C20H29ClN2O. The lowest BCUT2D eigenvalue weighted by atomic mass is 9.94. The molecule has 0 aliphatic carbocycles. The van der Waals surface area contributed by atoms with Gasteiger partial charge in [0.2, 0.25) is 0 Å². The monoisotopic (exact) mass is 348 g/mol. The van der Waals surface area contributed by atoms with E-state index in [1.807, 2.05) is 18.2 Å². The summed E-state index contributed by atoms with van der Waals surface area (Å²) in [4.78, 5) is 5.13. The number of rotatable bonds is 5. The summed E-state index contributed by atoms with van der Waals surface area (Å²) in [7, 11) is 0. The zero-order chi connectivity index (χ0) is 16.8. The molecule has 4 heteroatoms. The molecule has 1 N–H and O–H groups in total. The van der Waals surface area contributed by atoms with E-state index in [9.17, 15) is 5.11 Å². The quantitative estimate of drug-likeness (QED) is 0.883. The maximum atomic E-state index is 9.30. The molecule has 0 aromatic heterocycles. The van der Waals surface area contributed by atoms with E-state index in [1.54, 1.807) is 0 Å². The van der Waals surface area contributed by atoms with Crippen molar-refractivity contribution >= 4 is 17.7 Å². The SMILES string of the molecule is OCC1CCN([C@H]2CCCN(C/C(Cl)=C/c3ccccc3)C2)CC1. The molecule has 0 bridgehead atoms. The molecular weight excluding hydrogens is 320 g/mol. The molecule has 2 aliphatic heterocycles. The van der Waals surface area contributed by atoms with Crippen LogP contribution in [0, 0.1) is 5.92 Å². The van der Waals surface area contributed by atoms with E-state index < -0.39 is 0 Å². The van der Waals surface area contributed by atoms with Crippen LogP contribution in [0.4, 0.5) is 0 Å². The van der Waals surface area contributed by atoms with Crippen LogP contribution in [0.2, 0.25) is 0 Å². The fourth-order valence-electron chi connectivity index (χ4n) is 3.96. The molecule has 24 heavy (non-hydrogen) atoms. The van der Waals surface area contributed by atoms with E-state index in [2.05, 4.69) is 28.0 Å². The van der Waals surface area contributed by atoms with Crippen LogP contribution in [0.5, 0.6) is 0 Å². The molecule has 1 atom stereocenters. The number of piperidine rings is 2. The van der Waals surface area contributed by atoms with Gasteiger partial charge in [0, 0.05) is 30.8 Å². The fraction of sp³-hybridized carbons (Fsp3) is 0.600. The Balaban J connectivity index is 1.51. The standard InChI is InChI=1S/C20H29ClN2O/c21-19(13-17-5-2-1-3-6-17)14-22-10-4-7-20(15-22)23-11-8-18(16-24)9-12-23/h1-3,5-6,13,18,20,24H,4,7-12,14-16H2/b19-13-/t20-/m0/s1. The van der Waals surface area contributed by atoms with Crippen LogP contribution in [0.1, 0.15) is 31.2 Å². The van der Waals surface area contributed by atoms with Crippen molar-refractivity contribution in [2.75, 3.05) is 39.3 Å². The average Bonchev–Trinajstić information content (AvgIpc) is 2.63. The van der Waals surface area contributed by atoms with Gasteiger partial charge in [0.1, 0.15) is 0 Å². The van der Waals surface area contributed by atoms with E-state index in [4.69, 9.17) is 11.6 Å². The van der Waals surface area contributed by atoms with Crippen LogP contribution in [0.15, 0.2) is 35.4 Å². The van der Waals surface area contributed by atoms with Crippen molar-refractivity contribution in [2.45, 2.75) is 31.7 Å². The Labute approximate surface area is 150 Å². The number of benzene rings is 1. The molecule has 0 radical (unpaired) electrons. The normalized spacial score (nSPS) is 25.1. The lowest BCUT2D eigenvalue weighted by Crippen LogP contribution is -2.50. The van der Waals surface area contributed by atoms with Crippen molar-refractivity contribution in [1.29, 1.82) is 0 Å². The van der Waals surface area contributed by atoms with Gasteiger partial charge in [0.25, 0.3) is 0 Å². The molecule has 2 fully saturated rings. The first kappa shape index (κ1) is 17.9. The second-order valence-electron chi connectivity index (χ2n) is 7.19. The predicted octanol–water partition coefficient (Wildman–Crippen LogP) is 3.44. The van der Waals surface area contributed by atoms with Crippen molar-refractivity contribution in [3.05, 3.63) is 40.9 Å². The summed E-state index contributed by atoms with van der Waals surface area (Å²) >= 11 is 6.50. The molecule has 132 valence electrons. The molecule has 1 aromatic rings. The Kier molecular flexibility index (Phi) is 6.73. The van der Waals surface area contributed by atoms with Crippen LogP contribution >= 0.6 is 11.6 Å². The van der Waals surface area contributed by atoms with Gasteiger partial charge in [0.15, 0.2) is 0 Å². The number of hydrogen-bond donors (Lipinski definition) is 1. The summed E-state index contributed by atoms with van der Waals surface area (Å²) in [6.07, 6.45) is 6.90. The van der Waals surface area contributed by atoms with E-state index in [-0.39, 0.29) is 0 Å². The second-order valence-corrected chi connectivity index (χ2v) is 7.68. The predicted molar refractivity (Wildman–Crippen MR) is 101 cm³/mol. The smallest absolute Gasteiger partial charge is 0.0460 e. The Morgan fingerprint density at radius 3 is 2.58 bits per heavy atom. The fourth-order valence-corrected chi connectivity index (χ4v) is 4.26. The third kappa shape index (κ3) is 5.06. The third-order valence-electron chi connectivity index (χ3n) is 5.40. The van der Waals surface area contributed by atoms with Crippen LogP contribution in [-0.2, 0) is 0 Å². The molecule has 2 saturated heterocycles. The van der Waals surface area contributed by atoms with Gasteiger partial charge in [-0.25, -0.2) is 0 Å². The highest BCUT2D eigenvalue weighted by atomic mass is 35.5. The Hall–Kier alpha value is -0.870. The first-order valence-corrected chi connectivity index (χ1v) is 9.61. The largest absolute Gasteiger partial charge is 0.396 e. The van der Waals surface area contributed by atoms with Gasteiger partial charge in [-0.2, -0.15) is 0 Å². The van der Waals surface area contributed by atoms with Crippen molar-refractivity contribution in [2.24, 2.45) is 5.92 Å². The highest BCUT2D eigenvalue weighted by Crippen LogP contribution is 2.24. The highest BCUT2D eigenvalue weighted by Gasteiger charge is 2.28. The maximum Gasteiger partial charge on any atom is 0.0460 e. The molecule has 3 nitrogen and oxygen atoms in total. The minimum Gasteiger partial charge on any atom is -0.396 e. The van der Waals surface area contributed by atoms with Crippen LogP contribution in [0.25, 0.3) is 6.08 Å². The van der Waals surface area contributed by atoms with Gasteiger partial charge in [-0.05, 0) is 62.9 Å². The summed E-state index contributed by atoms with van der Waals surface area (Å²) in [6.45, 7) is 5.73. The average molecular weight is 349 g/mol. The Morgan fingerprint density at radius 1 is 1.12 bits per heavy atom. The second kappa shape index (κ2) is 9.00. The summed E-state index contributed by atoms with van der Waals surface area (Å²) in [5.41, 5.74) is 1.17. The number of hydrogen-bond acceptors (Lipinski definition) is 3. The molecule has 3 rings (SSSR count). The number of likely N-dealkylation sites (tertiary alicyclic amines) is 2. The van der Waals surface area contributed by atoms with Crippen LogP contribution < -0.4 is 0 Å². The van der Waals surface area contributed by atoms with Gasteiger partial charge in [-0.1, -0.05) is 41.9 Å². The number of aliphatic hydroxyl groups is 1. The molecule has 2 aliphatic rings. The zero-order valence-electron chi connectivity index (χ0n) is 14.4. The molecule has 0 unspecified atom stereocenters. The van der Waals surface area contributed by atoms with Gasteiger partial charge in [-0.3, -0.25) is 9.80 Å². The Morgan fingerprint density at radius 2 is 1.88 bits per heavy atom. The van der Waals surface area contributed by atoms with Gasteiger partial charge >= 0.3 is 0 Å². The van der Waals surface area contributed by atoms with E-state index in [0.717, 1.165) is 50.6 Å².